The van der Waals surface area contributed by atoms with Crippen LogP contribution in [0.5, 0.6) is 5.75 Å². The second-order valence-electron chi connectivity index (χ2n) is 7.31. The van der Waals surface area contributed by atoms with Crippen molar-refractivity contribution in [1.82, 2.24) is 5.32 Å². The summed E-state index contributed by atoms with van der Waals surface area (Å²) in [5.41, 5.74) is -0.135. The molecule has 11 heteroatoms. The van der Waals surface area contributed by atoms with Crippen LogP contribution in [0.2, 0.25) is 5.02 Å². The van der Waals surface area contributed by atoms with Crippen LogP contribution in [0, 0.1) is 15.9 Å². The molecule has 0 aromatic heterocycles. The van der Waals surface area contributed by atoms with Crippen LogP contribution in [0.25, 0.3) is 6.08 Å². The van der Waals surface area contributed by atoms with E-state index in [0.717, 1.165) is 6.07 Å². The molecule has 9 nitrogen and oxygen atoms in total. The highest BCUT2D eigenvalue weighted by molar-refractivity contribution is 6.39. The van der Waals surface area contributed by atoms with Crippen molar-refractivity contribution in [2.75, 3.05) is 4.90 Å². The normalized spacial score (nSPS) is 14.7. The summed E-state index contributed by atoms with van der Waals surface area (Å²) in [7, 11) is 0. The van der Waals surface area contributed by atoms with E-state index in [9.17, 15) is 28.9 Å². The van der Waals surface area contributed by atoms with Crippen molar-refractivity contribution in [3.05, 3.63) is 104 Å². The van der Waals surface area contributed by atoms with Crippen LogP contribution in [-0.2, 0) is 16.2 Å². The van der Waals surface area contributed by atoms with E-state index in [1.54, 1.807) is 6.07 Å². The van der Waals surface area contributed by atoms with Gasteiger partial charge in [0.25, 0.3) is 17.5 Å². The lowest BCUT2D eigenvalue weighted by atomic mass is 10.1. The molecule has 0 saturated carbocycles. The summed E-state index contributed by atoms with van der Waals surface area (Å²) in [5.74, 6) is -2.62. The van der Waals surface area contributed by atoms with Gasteiger partial charge in [0.15, 0.2) is 0 Å². The maximum Gasteiger partial charge on any atom is 0.336 e. The molecule has 0 unspecified atom stereocenters. The Morgan fingerprint density at radius 2 is 1.83 bits per heavy atom. The fourth-order valence-corrected chi connectivity index (χ4v) is 3.53. The Bertz CT molecular complexity index is 1410. The van der Waals surface area contributed by atoms with Crippen LogP contribution in [0.1, 0.15) is 11.1 Å². The molecule has 4 rings (SSSR count). The number of nitro benzene ring substituents is 1. The van der Waals surface area contributed by atoms with Gasteiger partial charge < -0.3 is 4.74 Å². The van der Waals surface area contributed by atoms with Gasteiger partial charge in [0.2, 0.25) is 0 Å². The Hall–Kier alpha value is -4.57. The monoisotopic (exact) mass is 495 g/mol. The van der Waals surface area contributed by atoms with E-state index in [1.807, 2.05) is 5.32 Å². The molecular weight excluding hydrogens is 481 g/mol. The minimum atomic E-state index is -1.09. The zero-order valence-corrected chi connectivity index (χ0v) is 18.5. The van der Waals surface area contributed by atoms with Gasteiger partial charge in [0.05, 0.1) is 10.6 Å². The van der Waals surface area contributed by atoms with Gasteiger partial charge in [-0.25, -0.2) is 14.1 Å². The second kappa shape index (κ2) is 9.74. The first-order chi connectivity index (χ1) is 16.7. The Morgan fingerprint density at radius 3 is 2.57 bits per heavy atom. The summed E-state index contributed by atoms with van der Waals surface area (Å²) >= 11 is 6.09. The molecule has 176 valence electrons. The Kier molecular flexibility index (Phi) is 6.56. The van der Waals surface area contributed by atoms with E-state index >= 15 is 0 Å². The summed E-state index contributed by atoms with van der Waals surface area (Å²) in [4.78, 5) is 48.8. The van der Waals surface area contributed by atoms with Crippen molar-refractivity contribution in [2.24, 2.45) is 0 Å². The van der Waals surface area contributed by atoms with Crippen LogP contribution in [0.3, 0.4) is 0 Å². The second-order valence-corrected chi connectivity index (χ2v) is 7.74. The number of urea groups is 1. The number of rotatable bonds is 6. The molecule has 1 N–H and O–H groups in total. The Morgan fingerprint density at radius 1 is 1.06 bits per heavy atom. The number of para-hydroxylation sites is 1. The first-order valence-electron chi connectivity index (χ1n) is 10.1. The maximum atomic E-state index is 14.3. The van der Waals surface area contributed by atoms with Gasteiger partial charge in [-0.15, -0.1) is 0 Å². The van der Waals surface area contributed by atoms with Crippen molar-refractivity contribution in [2.45, 2.75) is 6.61 Å². The van der Waals surface area contributed by atoms with Crippen LogP contribution in [-0.4, -0.2) is 22.8 Å². The molecule has 0 bridgehead atoms. The molecule has 4 amide bonds. The molecule has 1 heterocycles. The third-order valence-electron chi connectivity index (χ3n) is 4.98. The average molecular weight is 496 g/mol. The first-order valence-corrected chi connectivity index (χ1v) is 10.4. The van der Waals surface area contributed by atoms with Gasteiger partial charge in [-0.05, 0) is 42.0 Å². The molecule has 1 fully saturated rings. The number of ether oxygens (including phenoxy) is 1. The van der Waals surface area contributed by atoms with E-state index in [2.05, 4.69) is 0 Å². The number of anilines is 1. The number of hydrogen-bond donors (Lipinski definition) is 1. The molecule has 0 aliphatic carbocycles. The van der Waals surface area contributed by atoms with Crippen molar-refractivity contribution in [1.29, 1.82) is 0 Å². The zero-order chi connectivity index (χ0) is 25.1. The van der Waals surface area contributed by atoms with E-state index < -0.39 is 34.2 Å². The molecule has 1 aliphatic rings. The summed E-state index contributed by atoms with van der Waals surface area (Å²) in [6, 6.07) is 14.3. The minimum Gasteiger partial charge on any atom is -0.488 e. The number of non-ortho nitro benzene ring substituents is 1. The number of imide groups is 2. The number of hydrogen-bond acceptors (Lipinski definition) is 6. The molecular formula is C24H15ClFN3O6. The molecule has 1 aliphatic heterocycles. The third kappa shape index (κ3) is 5.02. The molecule has 35 heavy (non-hydrogen) atoms. The minimum absolute atomic E-state index is 0.0561. The number of carbonyl (C=O) groups is 3. The van der Waals surface area contributed by atoms with Gasteiger partial charge in [-0.1, -0.05) is 35.9 Å². The lowest BCUT2D eigenvalue weighted by Crippen LogP contribution is -2.54. The standard InChI is InChI=1S/C24H15ClFN3O6/c25-16-8-9-21(35-13-14-4-3-5-17(10-14)29(33)34)15(11-16)12-18-22(30)27-24(32)28(23(18)31)20-7-2-1-6-19(20)26/h1-12H,13H2,(H,27,30,32)/b18-12-. The lowest BCUT2D eigenvalue weighted by Gasteiger charge is -2.26. The summed E-state index contributed by atoms with van der Waals surface area (Å²) in [6.45, 7) is -0.0561. The fourth-order valence-electron chi connectivity index (χ4n) is 3.35. The van der Waals surface area contributed by atoms with E-state index in [4.69, 9.17) is 16.3 Å². The zero-order valence-electron chi connectivity index (χ0n) is 17.7. The SMILES string of the molecule is O=C1NC(=O)N(c2ccccc2F)C(=O)/C1=C\c1cc(Cl)ccc1OCc1cccc([N+](=O)[O-])c1. The van der Waals surface area contributed by atoms with Crippen molar-refractivity contribution < 1.29 is 28.4 Å². The number of nitro groups is 1. The number of amides is 4. The number of barbiturate groups is 1. The number of nitrogens with one attached hydrogen (secondary N) is 1. The first kappa shape index (κ1) is 23.6. The third-order valence-corrected chi connectivity index (χ3v) is 5.22. The number of benzene rings is 3. The number of halogens is 2. The molecule has 3 aromatic rings. The van der Waals surface area contributed by atoms with Gasteiger partial charge in [-0.2, -0.15) is 0 Å². The van der Waals surface area contributed by atoms with Crippen LogP contribution >= 0.6 is 11.6 Å². The smallest absolute Gasteiger partial charge is 0.336 e. The summed E-state index contributed by atoms with van der Waals surface area (Å²) in [5, 5.41) is 13.3. The van der Waals surface area contributed by atoms with E-state index in [1.165, 1.54) is 60.7 Å². The van der Waals surface area contributed by atoms with Crippen LogP contribution in [0.4, 0.5) is 20.6 Å². The topological polar surface area (TPSA) is 119 Å². The number of nitrogens with zero attached hydrogens (tertiary/aromatic N) is 2. The van der Waals surface area contributed by atoms with Gasteiger partial charge in [0.1, 0.15) is 23.7 Å². The lowest BCUT2D eigenvalue weighted by molar-refractivity contribution is -0.384. The quantitative estimate of drug-likeness (QED) is 0.230. The molecule has 0 spiro atoms. The Labute approximate surface area is 202 Å². The van der Waals surface area contributed by atoms with Crippen molar-refractivity contribution in [3.8, 4) is 5.75 Å². The number of carbonyl (C=O) groups excluding carboxylic acids is 3. The fraction of sp³-hybridized carbons (Fsp3) is 0.0417. The molecule has 1 saturated heterocycles. The highest BCUT2D eigenvalue weighted by Crippen LogP contribution is 2.29. The highest BCUT2D eigenvalue weighted by Gasteiger charge is 2.38. The highest BCUT2D eigenvalue weighted by atomic mass is 35.5. The van der Waals surface area contributed by atoms with Gasteiger partial charge >= 0.3 is 6.03 Å². The molecule has 0 radical (unpaired) electrons. The Balaban J connectivity index is 1.67. The van der Waals surface area contributed by atoms with Crippen molar-refractivity contribution >= 4 is 46.9 Å². The van der Waals surface area contributed by atoms with Crippen LogP contribution in [0.15, 0.2) is 72.3 Å². The summed E-state index contributed by atoms with van der Waals surface area (Å²) < 4.78 is 20.0. The predicted octanol–water partition coefficient (Wildman–Crippen LogP) is 4.63. The molecule has 0 atom stereocenters. The van der Waals surface area contributed by atoms with E-state index in [-0.39, 0.29) is 34.3 Å². The van der Waals surface area contributed by atoms with Crippen molar-refractivity contribution in [3.63, 3.8) is 0 Å². The largest absolute Gasteiger partial charge is 0.488 e. The molecule has 3 aromatic carbocycles. The maximum absolute atomic E-state index is 14.3. The average Bonchev–Trinajstić information content (AvgIpc) is 2.82. The van der Waals surface area contributed by atoms with Crippen LogP contribution < -0.4 is 15.0 Å². The van der Waals surface area contributed by atoms with E-state index in [0.29, 0.717) is 10.5 Å². The summed E-state index contributed by atoms with van der Waals surface area (Å²) in [6.07, 6.45) is 1.17. The van der Waals surface area contributed by atoms with Gasteiger partial charge in [-0.3, -0.25) is 25.0 Å². The predicted molar refractivity (Wildman–Crippen MR) is 124 cm³/mol. The van der Waals surface area contributed by atoms with Gasteiger partial charge in [0, 0.05) is 22.7 Å².